The van der Waals surface area contributed by atoms with E-state index in [4.69, 9.17) is 4.74 Å². The van der Waals surface area contributed by atoms with Gasteiger partial charge in [0.25, 0.3) is 0 Å². The minimum atomic E-state index is 0.0138. The van der Waals surface area contributed by atoms with Gasteiger partial charge >= 0.3 is 5.97 Å². The quantitative estimate of drug-likeness (QED) is 0.696. The summed E-state index contributed by atoms with van der Waals surface area (Å²) in [7, 11) is 0. The molecule has 1 spiro atoms. The molecular weight excluding hydrogens is 212 g/mol. The molecule has 2 fully saturated rings. The van der Waals surface area contributed by atoms with Crippen molar-refractivity contribution in [2.45, 2.75) is 65.2 Å². The number of hydrogen-bond acceptors (Lipinski definition) is 2. The molecule has 0 heterocycles. The van der Waals surface area contributed by atoms with Crippen LogP contribution in [-0.2, 0) is 9.53 Å². The molecule has 1 unspecified atom stereocenters. The first kappa shape index (κ1) is 12.9. The van der Waals surface area contributed by atoms with E-state index in [1.807, 2.05) is 6.92 Å². The third-order valence-electron chi connectivity index (χ3n) is 5.12. The van der Waals surface area contributed by atoms with Gasteiger partial charge in [0.2, 0.25) is 0 Å². The van der Waals surface area contributed by atoms with Crippen LogP contribution in [0.3, 0.4) is 0 Å². The summed E-state index contributed by atoms with van der Waals surface area (Å²) in [6, 6.07) is 0. The highest BCUT2D eigenvalue weighted by Gasteiger charge is 2.39. The Morgan fingerprint density at radius 2 is 1.82 bits per heavy atom. The zero-order valence-corrected chi connectivity index (χ0v) is 11.3. The maximum atomic E-state index is 11.7. The first-order valence-corrected chi connectivity index (χ1v) is 7.33. The lowest BCUT2D eigenvalue weighted by molar-refractivity contribution is -0.150. The Morgan fingerprint density at radius 1 is 1.24 bits per heavy atom. The molecule has 0 radical (unpaired) electrons. The van der Waals surface area contributed by atoms with E-state index in [0.717, 1.165) is 0 Å². The van der Waals surface area contributed by atoms with Crippen LogP contribution < -0.4 is 0 Å². The smallest absolute Gasteiger partial charge is 0.308 e. The van der Waals surface area contributed by atoms with Gasteiger partial charge in [-0.1, -0.05) is 19.8 Å². The van der Waals surface area contributed by atoms with E-state index in [1.165, 1.54) is 51.4 Å². The number of hydrogen-bond donors (Lipinski definition) is 0. The van der Waals surface area contributed by atoms with Crippen LogP contribution in [0.1, 0.15) is 65.2 Å². The van der Waals surface area contributed by atoms with Gasteiger partial charge in [-0.05, 0) is 56.8 Å². The van der Waals surface area contributed by atoms with E-state index in [1.54, 1.807) is 0 Å². The van der Waals surface area contributed by atoms with Gasteiger partial charge < -0.3 is 4.74 Å². The Hall–Kier alpha value is -0.530. The lowest BCUT2D eigenvalue weighted by Crippen LogP contribution is -2.31. The van der Waals surface area contributed by atoms with E-state index in [2.05, 4.69) is 6.92 Å². The Morgan fingerprint density at radius 3 is 2.35 bits per heavy atom. The predicted octanol–water partition coefficient (Wildman–Crippen LogP) is 3.94. The molecule has 2 nitrogen and oxygen atoms in total. The van der Waals surface area contributed by atoms with Crippen molar-refractivity contribution in [2.75, 3.05) is 6.61 Å². The van der Waals surface area contributed by atoms with Gasteiger partial charge in [0.1, 0.15) is 0 Å². The molecule has 0 amide bonds. The summed E-state index contributed by atoms with van der Waals surface area (Å²) in [5, 5.41) is 0. The summed E-state index contributed by atoms with van der Waals surface area (Å²) in [4.78, 5) is 11.7. The number of carbonyl (C=O) groups is 1. The van der Waals surface area contributed by atoms with Crippen LogP contribution in [0.25, 0.3) is 0 Å². The van der Waals surface area contributed by atoms with Crippen molar-refractivity contribution < 1.29 is 9.53 Å². The molecular formula is C15H26O2. The maximum Gasteiger partial charge on any atom is 0.308 e. The first-order chi connectivity index (χ1) is 8.17. The molecule has 1 atom stereocenters. The van der Waals surface area contributed by atoms with Crippen LogP contribution in [0.2, 0.25) is 0 Å². The van der Waals surface area contributed by atoms with Gasteiger partial charge in [-0.2, -0.15) is 0 Å². The lowest BCUT2D eigenvalue weighted by Gasteiger charge is -2.38. The molecule has 0 N–H and O–H groups in total. The Balaban J connectivity index is 1.83. The highest BCUT2D eigenvalue weighted by atomic mass is 16.5. The second-order valence-electron chi connectivity index (χ2n) is 6.09. The standard InChI is InChI=1S/C15H26O2/c1-3-17-14(16)12(2)13-6-10-15(11-7-13)8-4-5-9-15/h12-13H,3-11H2,1-2H3. The third kappa shape index (κ3) is 2.83. The van der Waals surface area contributed by atoms with Gasteiger partial charge in [-0.15, -0.1) is 0 Å². The minimum Gasteiger partial charge on any atom is -0.466 e. The van der Waals surface area contributed by atoms with Crippen LogP contribution in [-0.4, -0.2) is 12.6 Å². The molecule has 0 aliphatic heterocycles. The number of ether oxygens (including phenoxy) is 1. The molecule has 0 aromatic rings. The summed E-state index contributed by atoms with van der Waals surface area (Å²) in [5.74, 6) is 0.689. The Labute approximate surface area is 105 Å². The van der Waals surface area contributed by atoms with E-state index in [9.17, 15) is 4.79 Å². The van der Waals surface area contributed by atoms with Crippen molar-refractivity contribution in [3.63, 3.8) is 0 Å². The van der Waals surface area contributed by atoms with Crippen LogP contribution in [0.5, 0.6) is 0 Å². The Bertz CT molecular complexity index is 256. The highest BCUT2D eigenvalue weighted by molar-refractivity contribution is 5.72. The van der Waals surface area contributed by atoms with Gasteiger partial charge in [-0.3, -0.25) is 4.79 Å². The number of esters is 1. The van der Waals surface area contributed by atoms with Crippen molar-refractivity contribution in [3.05, 3.63) is 0 Å². The van der Waals surface area contributed by atoms with Gasteiger partial charge in [0.15, 0.2) is 0 Å². The van der Waals surface area contributed by atoms with Crippen molar-refractivity contribution in [3.8, 4) is 0 Å². The van der Waals surface area contributed by atoms with E-state index >= 15 is 0 Å². The molecule has 17 heavy (non-hydrogen) atoms. The van der Waals surface area contributed by atoms with Crippen LogP contribution in [0, 0.1) is 17.3 Å². The van der Waals surface area contributed by atoms with Gasteiger partial charge in [0, 0.05) is 0 Å². The molecule has 2 saturated carbocycles. The molecule has 0 bridgehead atoms. The van der Waals surface area contributed by atoms with Crippen LogP contribution in [0.15, 0.2) is 0 Å². The lowest BCUT2D eigenvalue weighted by atomic mass is 9.67. The zero-order chi connectivity index (χ0) is 12.3. The highest BCUT2D eigenvalue weighted by Crippen LogP contribution is 2.51. The van der Waals surface area contributed by atoms with Crippen LogP contribution in [0.4, 0.5) is 0 Å². The fourth-order valence-electron chi connectivity index (χ4n) is 3.84. The van der Waals surface area contributed by atoms with Crippen molar-refractivity contribution >= 4 is 5.97 Å². The molecule has 2 rings (SSSR count). The molecule has 2 heteroatoms. The van der Waals surface area contributed by atoms with E-state index in [-0.39, 0.29) is 11.9 Å². The third-order valence-corrected chi connectivity index (χ3v) is 5.12. The summed E-state index contributed by atoms with van der Waals surface area (Å²) >= 11 is 0. The fraction of sp³-hybridized carbons (Fsp3) is 0.933. The van der Waals surface area contributed by atoms with Gasteiger partial charge in [-0.25, -0.2) is 0 Å². The topological polar surface area (TPSA) is 26.3 Å². The molecule has 0 aromatic heterocycles. The SMILES string of the molecule is CCOC(=O)C(C)C1CCC2(CCCC2)CC1. The second-order valence-corrected chi connectivity index (χ2v) is 6.09. The van der Waals surface area contributed by atoms with Crippen molar-refractivity contribution in [2.24, 2.45) is 17.3 Å². The van der Waals surface area contributed by atoms with Crippen molar-refractivity contribution in [1.29, 1.82) is 0 Å². The fourth-order valence-corrected chi connectivity index (χ4v) is 3.84. The summed E-state index contributed by atoms with van der Waals surface area (Å²) in [6.45, 7) is 4.45. The van der Waals surface area contributed by atoms with E-state index in [0.29, 0.717) is 17.9 Å². The largest absolute Gasteiger partial charge is 0.466 e. The summed E-state index contributed by atoms with van der Waals surface area (Å²) in [6.07, 6.45) is 10.9. The van der Waals surface area contributed by atoms with Crippen LogP contribution >= 0.6 is 0 Å². The molecule has 98 valence electrons. The average molecular weight is 238 g/mol. The monoisotopic (exact) mass is 238 g/mol. The Kier molecular flexibility index (Phi) is 4.11. The van der Waals surface area contributed by atoms with Gasteiger partial charge in [0.05, 0.1) is 12.5 Å². The summed E-state index contributed by atoms with van der Waals surface area (Å²) < 4.78 is 5.13. The molecule has 2 aliphatic rings. The molecule has 0 aromatic carbocycles. The molecule has 0 saturated heterocycles. The predicted molar refractivity (Wildman–Crippen MR) is 68.7 cm³/mol. The first-order valence-electron chi connectivity index (χ1n) is 7.33. The number of rotatable bonds is 3. The molecule has 2 aliphatic carbocycles. The van der Waals surface area contributed by atoms with Crippen molar-refractivity contribution in [1.82, 2.24) is 0 Å². The van der Waals surface area contributed by atoms with E-state index < -0.39 is 0 Å². The summed E-state index contributed by atoms with van der Waals surface area (Å²) in [5.41, 5.74) is 0.672. The zero-order valence-electron chi connectivity index (χ0n) is 11.3. The normalized spacial score (nSPS) is 26.0. The second kappa shape index (κ2) is 5.41. The number of carbonyl (C=O) groups excluding carboxylic acids is 1. The average Bonchev–Trinajstić information content (AvgIpc) is 2.78. The minimum absolute atomic E-state index is 0.0138. The maximum absolute atomic E-state index is 11.7.